The Kier molecular flexibility index (Phi) is 4.90. The molecule has 0 aromatic rings. The Balaban J connectivity index is 2.61. The van der Waals surface area contributed by atoms with Crippen molar-refractivity contribution in [3.8, 4) is 0 Å². The zero-order valence-electron chi connectivity index (χ0n) is 12.7. The van der Waals surface area contributed by atoms with Crippen LogP contribution in [0.4, 0.5) is 0 Å². The highest BCUT2D eigenvalue weighted by Crippen LogP contribution is 2.67. The molecule has 0 radical (unpaired) electrons. The minimum Gasteiger partial charge on any atom is -0.376 e. The van der Waals surface area contributed by atoms with Crippen LogP contribution in [0.2, 0.25) is 0 Å². The molecule has 1 fully saturated rings. The molecule has 0 aliphatic carbocycles. The number of rotatable bonds is 5. The molecule has 4 heteroatoms. The van der Waals surface area contributed by atoms with Gasteiger partial charge in [-0.05, 0) is 63.7 Å². The van der Waals surface area contributed by atoms with Gasteiger partial charge in [0.05, 0.1) is 5.60 Å². The predicted molar refractivity (Wildman–Crippen MR) is 85.6 cm³/mol. The highest BCUT2D eigenvalue weighted by molar-refractivity contribution is 8.47. The first-order chi connectivity index (χ1) is 7.61. The lowest BCUT2D eigenvalue weighted by Crippen LogP contribution is -2.32. The zero-order chi connectivity index (χ0) is 13.3. The van der Waals surface area contributed by atoms with Gasteiger partial charge in [-0.25, -0.2) is 3.71 Å². The van der Waals surface area contributed by atoms with E-state index in [9.17, 15) is 0 Å². The van der Waals surface area contributed by atoms with Crippen molar-refractivity contribution in [2.24, 2.45) is 0 Å². The minimum atomic E-state index is -0.517. The lowest BCUT2D eigenvalue weighted by Gasteiger charge is -2.47. The first-order valence-corrected chi connectivity index (χ1v) is 11.6. The summed E-state index contributed by atoms with van der Waals surface area (Å²) < 4.78 is 8.65. The van der Waals surface area contributed by atoms with Crippen molar-refractivity contribution in [1.82, 2.24) is 3.71 Å². The predicted octanol–water partition coefficient (Wildman–Crippen LogP) is 3.47. The largest absolute Gasteiger partial charge is 0.376 e. The van der Waals surface area contributed by atoms with Crippen LogP contribution in [0.5, 0.6) is 0 Å². The maximum absolute atomic E-state index is 5.82. The van der Waals surface area contributed by atoms with Crippen LogP contribution in [0.25, 0.3) is 0 Å². The molecule has 0 N–H and O–H groups in total. The number of nitrogens with zero attached hydrogens (tertiary/aromatic N) is 1. The van der Waals surface area contributed by atoms with E-state index >= 15 is 0 Å². The fourth-order valence-electron chi connectivity index (χ4n) is 2.48. The fraction of sp³-hybridized carbons (Fsp3) is 1.00. The second kappa shape index (κ2) is 5.32. The molecule has 0 unspecified atom stereocenters. The molecule has 0 amide bonds. The van der Waals surface area contributed by atoms with Gasteiger partial charge in [-0.3, -0.25) is 0 Å². The summed E-state index contributed by atoms with van der Waals surface area (Å²) in [5.41, 5.74) is 0.0301. The van der Waals surface area contributed by atoms with Gasteiger partial charge in [0, 0.05) is 13.2 Å². The van der Waals surface area contributed by atoms with Crippen molar-refractivity contribution in [2.45, 2.75) is 32.8 Å². The Labute approximate surface area is 111 Å². The van der Waals surface area contributed by atoms with Crippen molar-refractivity contribution in [3.05, 3.63) is 0 Å². The molecule has 106 valence electrons. The summed E-state index contributed by atoms with van der Waals surface area (Å²) in [5, 5.41) is 0. The van der Waals surface area contributed by atoms with Crippen LogP contribution in [0, 0.1) is 0 Å². The average Bonchev–Trinajstić information content (AvgIpc) is 2.34. The molecule has 0 aromatic heterocycles. The SMILES string of the molecule is CCOC(C)(C)CCN1S(C)(C)CCS1(C)C. The van der Waals surface area contributed by atoms with Gasteiger partial charge in [-0.2, -0.15) is 20.4 Å². The third-order valence-electron chi connectivity index (χ3n) is 3.62. The van der Waals surface area contributed by atoms with Crippen LogP contribution in [0.15, 0.2) is 0 Å². The van der Waals surface area contributed by atoms with Crippen LogP contribution in [-0.4, -0.2) is 59.0 Å². The monoisotopic (exact) mass is 281 g/mol. The van der Waals surface area contributed by atoms with Crippen LogP contribution < -0.4 is 0 Å². The van der Waals surface area contributed by atoms with E-state index in [-0.39, 0.29) is 5.60 Å². The Morgan fingerprint density at radius 2 is 1.53 bits per heavy atom. The van der Waals surface area contributed by atoms with E-state index in [1.807, 2.05) is 0 Å². The topological polar surface area (TPSA) is 12.5 Å². The standard InChI is InChI=1S/C13H31NOS2/c1-8-15-13(2,3)9-10-14-16(4,5)11-12-17(14,6)7/h8-12H2,1-7H3. The molecule has 1 aliphatic rings. The maximum atomic E-state index is 5.82. The Morgan fingerprint density at radius 3 is 1.94 bits per heavy atom. The molecule has 1 rings (SSSR count). The number of hydrogen-bond acceptors (Lipinski definition) is 2. The van der Waals surface area contributed by atoms with E-state index in [1.165, 1.54) is 18.1 Å². The summed E-state index contributed by atoms with van der Waals surface area (Å²) in [5.74, 6) is 2.84. The highest BCUT2D eigenvalue weighted by Gasteiger charge is 2.38. The Hall–Kier alpha value is 0.620. The van der Waals surface area contributed by atoms with Crippen molar-refractivity contribution in [2.75, 3.05) is 49.7 Å². The molecule has 2 nitrogen and oxygen atoms in total. The zero-order valence-corrected chi connectivity index (χ0v) is 14.3. The summed E-state index contributed by atoms with van der Waals surface area (Å²) in [4.78, 5) is 0. The summed E-state index contributed by atoms with van der Waals surface area (Å²) in [6.45, 7) is 8.55. The molecule has 17 heavy (non-hydrogen) atoms. The second-order valence-corrected chi connectivity index (χ2v) is 14.2. The second-order valence-electron chi connectivity index (χ2n) is 6.37. The van der Waals surface area contributed by atoms with Crippen molar-refractivity contribution in [1.29, 1.82) is 0 Å². The van der Waals surface area contributed by atoms with E-state index in [4.69, 9.17) is 4.74 Å². The highest BCUT2D eigenvalue weighted by atomic mass is 32.3. The van der Waals surface area contributed by atoms with Crippen molar-refractivity contribution < 1.29 is 4.74 Å². The van der Waals surface area contributed by atoms with E-state index < -0.39 is 20.4 Å². The molecular weight excluding hydrogens is 250 g/mol. The van der Waals surface area contributed by atoms with Crippen LogP contribution in [-0.2, 0) is 4.74 Å². The molecule has 0 saturated carbocycles. The van der Waals surface area contributed by atoms with Gasteiger partial charge in [0.15, 0.2) is 0 Å². The van der Waals surface area contributed by atoms with Gasteiger partial charge < -0.3 is 4.74 Å². The van der Waals surface area contributed by atoms with Gasteiger partial charge in [0.25, 0.3) is 0 Å². The lowest BCUT2D eigenvalue weighted by molar-refractivity contribution is -0.0164. The third-order valence-corrected chi connectivity index (χ3v) is 11.3. The van der Waals surface area contributed by atoms with Crippen LogP contribution in [0.1, 0.15) is 27.2 Å². The maximum Gasteiger partial charge on any atom is 0.0639 e. The first-order valence-electron chi connectivity index (χ1n) is 6.45. The molecule has 0 bridgehead atoms. The normalized spacial score (nSPS) is 27.9. The van der Waals surface area contributed by atoms with Gasteiger partial charge in [-0.15, -0.1) is 0 Å². The Bertz CT molecular complexity index is 248. The van der Waals surface area contributed by atoms with E-state index in [0.29, 0.717) is 0 Å². The van der Waals surface area contributed by atoms with E-state index in [1.54, 1.807) is 0 Å². The molecular formula is C13H31NOS2. The minimum absolute atomic E-state index is 0.0301. The summed E-state index contributed by atoms with van der Waals surface area (Å²) in [6.07, 6.45) is 11.0. The van der Waals surface area contributed by atoms with E-state index in [0.717, 1.165) is 13.0 Å². The number of hydrogen-bond donors (Lipinski definition) is 0. The van der Waals surface area contributed by atoms with Gasteiger partial charge in [0.2, 0.25) is 0 Å². The quantitative estimate of drug-likeness (QED) is 0.765. The van der Waals surface area contributed by atoms with Crippen molar-refractivity contribution in [3.63, 3.8) is 0 Å². The van der Waals surface area contributed by atoms with Gasteiger partial charge in [-0.1, -0.05) is 0 Å². The van der Waals surface area contributed by atoms with Crippen LogP contribution >= 0.6 is 20.4 Å². The van der Waals surface area contributed by atoms with Crippen LogP contribution in [0.3, 0.4) is 0 Å². The smallest absolute Gasteiger partial charge is 0.0639 e. The van der Waals surface area contributed by atoms with Gasteiger partial charge >= 0.3 is 0 Å². The molecule has 1 heterocycles. The number of ether oxygens (including phenoxy) is 1. The molecule has 0 spiro atoms. The average molecular weight is 282 g/mol. The lowest BCUT2D eigenvalue weighted by atomic mass is 10.1. The summed E-state index contributed by atoms with van der Waals surface area (Å²) in [7, 11) is -1.03. The molecule has 0 aromatic carbocycles. The first kappa shape index (κ1) is 15.7. The molecule has 1 saturated heterocycles. The third kappa shape index (κ3) is 4.05. The molecule has 0 atom stereocenters. The van der Waals surface area contributed by atoms with Gasteiger partial charge in [0.1, 0.15) is 0 Å². The van der Waals surface area contributed by atoms with E-state index in [2.05, 4.69) is 49.5 Å². The molecule has 1 aliphatic heterocycles. The van der Waals surface area contributed by atoms with Crippen molar-refractivity contribution >= 4 is 20.4 Å². The summed E-state index contributed by atoms with van der Waals surface area (Å²) in [6, 6.07) is 0. The summed E-state index contributed by atoms with van der Waals surface area (Å²) >= 11 is 0. The fourth-order valence-corrected chi connectivity index (χ4v) is 12.1. The Morgan fingerprint density at radius 1 is 1.06 bits per heavy atom.